The molecule has 0 saturated carbocycles. The summed E-state index contributed by atoms with van der Waals surface area (Å²) in [5, 5.41) is 5.14. The number of benzene rings is 2. The van der Waals surface area contributed by atoms with Crippen molar-refractivity contribution in [3.05, 3.63) is 65.5 Å². The molecule has 0 bridgehead atoms. The largest absolute Gasteiger partial charge is 0.493 e. The molecule has 3 rings (SSSR count). The van der Waals surface area contributed by atoms with E-state index in [1.54, 1.807) is 26.2 Å². The Bertz CT molecular complexity index is 1030. The maximum Gasteiger partial charge on any atom is 0.341 e. The van der Waals surface area contributed by atoms with Crippen LogP contribution in [0, 0.1) is 0 Å². The highest BCUT2D eigenvalue weighted by molar-refractivity contribution is 7.15. The molecule has 0 aliphatic carbocycles. The summed E-state index contributed by atoms with van der Waals surface area (Å²) in [6.07, 6.45) is -0.316. The number of carbonyl (C=O) groups is 2. The Morgan fingerprint density at radius 3 is 2.32 bits per heavy atom. The summed E-state index contributed by atoms with van der Waals surface area (Å²) in [7, 11) is 1.55. The summed E-state index contributed by atoms with van der Waals surface area (Å²) in [5.74, 6) is 0.203. The molecule has 1 unspecified atom stereocenters. The number of carbonyl (C=O) groups excluding carboxylic acids is 2. The number of ether oxygens (including phenoxy) is 3. The van der Waals surface area contributed by atoms with E-state index in [1.807, 2.05) is 54.8 Å². The van der Waals surface area contributed by atoms with Crippen molar-refractivity contribution in [1.82, 2.24) is 0 Å². The van der Waals surface area contributed by atoms with Gasteiger partial charge in [0, 0.05) is 10.9 Å². The summed E-state index contributed by atoms with van der Waals surface area (Å²) < 4.78 is 16.5. The van der Waals surface area contributed by atoms with Crippen molar-refractivity contribution in [2.75, 3.05) is 19.0 Å². The molecule has 0 spiro atoms. The van der Waals surface area contributed by atoms with Crippen molar-refractivity contribution < 1.29 is 23.8 Å². The fourth-order valence-electron chi connectivity index (χ4n) is 3.07. The van der Waals surface area contributed by atoms with Crippen LogP contribution < -0.4 is 14.8 Å². The summed E-state index contributed by atoms with van der Waals surface area (Å²) >= 11 is 1.28. The molecule has 0 aliphatic heterocycles. The van der Waals surface area contributed by atoms with Gasteiger partial charge in [-0.25, -0.2) is 4.79 Å². The molecule has 0 fully saturated rings. The molecule has 7 heteroatoms. The van der Waals surface area contributed by atoms with Crippen molar-refractivity contribution in [2.24, 2.45) is 0 Å². The predicted molar refractivity (Wildman–Crippen MR) is 122 cm³/mol. The second-order valence-corrected chi connectivity index (χ2v) is 7.47. The molecule has 0 radical (unpaired) electrons. The van der Waals surface area contributed by atoms with Crippen LogP contribution in [0.2, 0.25) is 0 Å². The number of amides is 1. The number of hydrogen-bond donors (Lipinski definition) is 1. The molecule has 0 aliphatic rings. The lowest BCUT2D eigenvalue weighted by atomic mass is 10.0. The maximum atomic E-state index is 13.0. The lowest BCUT2D eigenvalue weighted by Gasteiger charge is -2.19. The number of anilines is 1. The molecule has 1 atom stereocenters. The molecule has 1 N–H and O–H groups in total. The van der Waals surface area contributed by atoms with E-state index < -0.39 is 12.1 Å². The number of esters is 1. The van der Waals surface area contributed by atoms with Crippen LogP contribution in [-0.4, -0.2) is 31.7 Å². The van der Waals surface area contributed by atoms with E-state index in [4.69, 9.17) is 14.2 Å². The van der Waals surface area contributed by atoms with Gasteiger partial charge in [-0.1, -0.05) is 49.4 Å². The Balaban J connectivity index is 1.87. The van der Waals surface area contributed by atoms with Gasteiger partial charge in [-0.2, -0.15) is 0 Å². The first kappa shape index (κ1) is 22.4. The van der Waals surface area contributed by atoms with Gasteiger partial charge in [0.25, 0.3) is 5.91 Å². The molecule has 2 aromatic carbocycles. The summed E-state index contributed by atoms with van der Waals surface area (Å²) in [6, 6.07) is 16.7. The van der Waals surface area contributed by atoms with Gasteiger partial charge in [-0.3, -0.25) is 4.79 Å². The molecule has 1 heterocycles. The van der Waals surface area contributed by atoms with Gasteiger partial charge in [-0.05, 0) is 31.0 Å². The zero-order valence-electron chi connectivity index (χ0n) is 17.7. The number of methoxy groups -OCH3 is 1. The fraction of sp³-hybridized carbons (Fsp3) is 0.250. The fourth-order valence-corrected chi connectivity index (χ4v) is 4.03. The van der Waals surface area contributed by atoms with Crippen LogP contribution in [0.5, 0.6) is 11.5 Å². The van der Waals surface area contributed by atoms with E-state index >= 15 is 0 Å². The van der Waals surface area contributed by atoms with E-state index in [0.717, 1.165) is 11.1 Å². The van der Waals surface area contributed by atoms with Crippen LogP contribution in [0.3, 0.4) is 0 Å². The Morgan fingerprint density at radius 2 is 1.68 bits per heavy atom. The summed E-state index contributed by atoms with van der Waals surface area (Å²) in [6.45, 7) is 3.85. The lowest BCUT2D eigenvalue weighted by Crippen LogP contribution is -2.32. The van der Waals surface area contributed by atoms with Crippen molar-refractivity contribution in [1.29, 1.82) is 0 Å². The van der Waals surface area contributed by atoms with Gasteiger partial charge in [0.15, 0.2) is 17.6 Å². The Morgan fingerprint density at radius 1 is 1.00 bits per heavy atom. The molecular weight excluding hydrogens is 414 g/mol. The van der Waals surface area contributed by atoms with Crippen molar-refractivity contribution in [3.8, 4) is 22.6 Å². The van der Waals surface area contributed by atoms with Crippen molar-refractivity contribution in [3.63, 3.8) is 0 Å². The smallest absolute Gasteiger partial charge is 0.341 e. The first-order valence-corrected chi connectivity index (χ1v) is 10.9. The standard InChI is InChI=1S/C24H25NO5S/c1-4-18(30-20-14-10-9-13-19(20)28-3)22(26)25-23-21(24(27)29-5-2)17(15-31-23)16-11-7-6-8-12-16/h6-15,18H,4-5H2,1-3H3,(H,25,26). The van der Waals surface area contributed by atoms with E-state index in [2.05, 4.69) is 5.32 Å². The third-order valence-corrected chi connectivity index (χ3v) is 5.49. The van der Waals surface area contributed by atoms with Gasteiger partial charge >= 0.3 is 5.97 Å². The van der Waals surface area contributed by atoms with Crippen molar-refractivity contribution in [2.45, 2.75) is 26.4 Å². The summed E-state index contributed by atoms with van der Waals surface area (Å²) in [5.41, 5.74) is 1.94. The molecular formula is C24H25NO5S. The zero-order chi connectivity index (χ0) is 22.2. The van der Waals surface area contributed by atoms with E-state index in [1.165, 1.54) is 11.3 Å². The van der Waals surface area contributed by atoms with Gasteiger partial charge in [0.1, 0.15) is 10.6 Å². The first-order valence-electron chi connectivity index (χ1n) is 10.0. The number of thiophene rings is 1. The van der Waals surface area contributed by atoms with Gasteiger partial charge in [0.2, 0.25) is 0 Å². The normalized spacial score (nSPS) is 11.5. The zero-order valence-corrected chi connectivity index (χ0v) is 18.5. The van der Waals surface area contributed by atoms with E-state index in [-0.39, 0.29) is 12.5 Å². The molecule has 1 amide bonds. The minimum atomic E-state index is -0.756. The Hall–Kier alpha value is -3.32. The molecule has 1 aromatic heterocycles. The second kappa shape index (κ2) is 10.6. The third kappa shape index (κ3) is 5.24. The van der Waals surface area contributed by atoms with Crippen LogP contribution in [0.15, 0.2) is 60.0 Å². The van der Waals surface area contributed by atoms with E-state index in [0.29, 0.717) is 28.5 Å². The van der Waals surface area contributed by atoms with Crippen LogP contribution in [0.1, 0.15) is 30.6 Å². The molecule has 3 aromatic rings. The minimum Gasteiger partial charge on any atom is -0.493 e. The van der Waals surface area contributed by atoms with Gasteiger partial charge < -0.3 is 19.5 Å². The minimum absolute atomic E-state index is 0.241. The topological polar surface area (TPSA) is 73.9 Å². The van der Waals surface area contributed by atoms with E-state index in [9.17, 15) is 9.59 Å². The molecule has 162 valence electrons. The third-order valence-electron chi connectivity index (χ3n) is 4.59. The van der Waals surface area contributed by atoms with Crippen LogP contribution in [0.25, 0.3) is 11.1 Å². The van der Waals surface area contributed by atoms with Gasteiger partial charge in [-0.15, -0.1) is 11.3 Å². The molecule has 31 heavy (non-hydrogen) atoms. The number of rotatable bonds is 9. The van der Waals surface area contributed by atoms with Crippen LogP contribution in [-0.2, 0) is 9.53 Å². The Kier molecular flexibility index (Phi) is 7.67. The highest BCUT2D eigenvalue weighted by atomic mass is 32.1. The monoisotopic (exact) mass is 439 g/mol. The second-order valence-electron chi connectivity index (χ2n) is 6.59. The quantitative estimate of drug-likeness (QED) is 0.452. The number of hydrogen-bond acceptors (Lipinski definition) is 6. The number of nitrogens with one attached hydrogen (secondary N) is 1. The average molecular weight is 440 g/mol. The molecule has 0 saturated heterocycles. The lowest BCUT2D eigenvalue weighted by molar-refractivity contribution is -0.122. The van der Waals surface area contributed by atoms with Crippen LogP contribution in [0.4, 0.5) is 5.00 Å². The maximum absolute atomic E-state index is 13.0. The number of para-hydroxylation sites is 2. The predicted octanol–water partition coefficient (Wildman–Crippen LogP) is 5.40. The molecule has 6 nitrogen and oxygen atoms in total. The highest BCUT2D eigenvalue weighted by Gasteiger charge is 2.26. The summed E-state index contributed by atoms with van der Waals surface area (Å²) in [4.78, 5) is 25.7. The SMILES string of the molecule is CCOC(=O)c1c(-c2ccccc2)csc1NC(=O)C(CC)Oc1ccccc1OC. The first-order chi connectivity index (χ1) is 15.1. The Labute approximate surface area is 185 Å². The average Bonchev–Trinajstić information content (AvgIpc) is 3.21. The highest BCUT2D eigenvalue weighted by Crippen LogP contribution is 2.36. The van der Waals surface area contributed by atoms with Gasteiger partial charge in [0.05, 0.1) is 13.7 Å². The van der Waals surface area contributed by atoms with Crippen LogP contribution >= 0.6 is 11.3 Å². The van der Waals surface area contributed by atoms with Crippen molar-refractivity contribution >= 4 is 28.2 Å².